The fraction of sp³-hybridized carbons (Fsp3) is 0.348. The largest absolute Gasteiger partial charge is 0.443 e. The van der Waals surface area contributed by atoms with Crippen molar-refractivity contribution in [3.05, 3.63) is 42.2 Å². The quantitative estimate of drug-likeness (QED) is 0.450. The third-order valence-corrected chi connectivity index (χ3v) is 5.16. The summed E-state index contributed by atoms with van der Waals surface area (Å²) in [5.41, 5.74) is 3.62. The van der Waals surface area contributed by atoms with Crippen LogP contribution in [-0.4, -0.2) is 55.1 Å². The van der Waals surface area contributed by atoms with Crippen molar-refractivity contribution < 1.29 is 19.7 Å². The average molecular weight is 438 g/mol. The molecule has 4 rings (SSSR count). The number of hydrogen-bond acceptors (Lipinski definition) is 6. The molecular formula is C23H27N5O4. The molecule has 0 saturated heterocycles. The van der Waals surface area contributed by atoms with E-state index in [-0.39, 0.29) is 6.61 Å². The Hall–Kier alpha value is -3.43. The number of hydrogen-bond donors (Lipinski definition) is 3. The van der Waals surface area contributed by atoms with Crippen molar-refractivity contribution >= 4 is 34.0 Å². The number of aryl methyl sites for hydroxylation is 1. The number of fused-ring (bicyclic) bond motifs is 3. The number of aromatic amines is 1. The molecule has 0 aliphatic carbocycles. The lowest BCUT2D eigenvalue weighted by Crippen LogP contribution is -2.34. The van der Waals surface area contributed by atoms with Gasteiger partial charge in [0.1, 0.15) is 22.9 Å². The number of nitrogens with zero attached hydrogens (tertiary/aromatic N) is 4. The van der Waals surface area contributed by atoms with Gasteiger partial charge in [-0.2, -0.15) is 0 Å². The molecule has 3 heterocycles. The lowest BCUT2D eigenvalue weighted by atomic mass is 10.0. The van der Waals surface area contributed by atoms with Crippen LogP contribution in [0.2, 0.25) is 0 Å². The minimum absolute atomic E-state index is 0.353. The van der Waals surface area contributed by atoms with Crippen LogP contribution < -0.4 is 4.90 Å². The summed E-state index contributed by atoms with van der Waals surface area (Å²) in [5, 5.41) is 20.1. The van der Waals surface area contributed by atoms with Gasteiger partial charge in [-0.1, -0.05) is 18.2 Å². The first-order valence-electron chi connectivity index (χ1n) is 10.3. The Morgan fingerprint density at radius 3 is 2.75 bits per heavy atom. The van der Waals surface area contributed by atoms with Crippen LogP contribution in [0.25, 0.3) is 33.3 Å². The number of aliphatic hydroxyl groups excluding tert-OH is 2. The molecule has 1 unspecified atom stereocenters. The first-order chi connectivity index (χ1) is 15.1. The highest BCUT2D eigenvalue weighted by molar-refractivity contribution is 6.09. The number of carbonyl (C=O) groups is 1. The molecule has 3 N–H and O–H groups in total. The lowest BCUT2D eigenvalue weighted by molar-refractivity contribution is 0.0588. The number of carbonyl (C=O) groups excluding carboxylic acids is 1. The van der Waals surface area contributed by atoms with Gasteiger partial charge in [0.2, 0.25) is 0 Å². The summed E-state index contributed by atoms with van der Waals surface area (Å²) < 4.78 is 7.38. The molecule has 1 amide bonds. The van der Waals surface area contributed by atoms with Crippen LogP contribution in [0.1, 0.15) is 32.4 Å². The molecule has 9 nitrogen and oxygen atoms in total. The smallest absolute Gasteiger partial charge is 0.415 e. The molecule has 4 aromatic rings. The van der Waals surface area contributed by atoms with Crippen LogP contribution in [0.15, 0.2) is 36.7 Å². The summed E-state index contributed by atoms with van der Waals surface area (Å²) in [5.74, 6) is 0.389. The van der Waals surface area contributed by atoms with Crippen LogP contribution in [0.5, 0.6) is 0 Å². The molecule has 0 saturated carbocycles. The number of aliphatic hydroxyl groups is 2. The Bertz CT molecular complexity index is 1300. The topological polar surface area (TPSA) is 116 Å². The van der Waals surface area contributed by atoms with Gasteiger partial charge in [0.15, 0.2) is 5.82 Å². The lowest BCUT2D eigenvalue weighted by Gasteiger charge is -2.24. The second-order valence-electron chi connectivity index (χ2n) is 8.80. The molecule has 0 aliphatic heterocycles. The van der Waals surface area contributed by atoms with Crippen LogP contribution in [0.3, 0.4) is 0 Å². The van der Waals surface area contributed by atoms with Gasteiger partial charge in [0, 0.05) is 25.2 Å². The maximum absolute atomic E-state index is 12.7. The first kappa shape index (κ1) is 21.8. The number of aromatic nitrogens is 4. The van der Waals surface area contributed by atoms with Gasteiger partial charge < -0.3 is 24.5 Å². The van der Waals surface area contributed by atoms with E-state index in [1.807, 2.05) is 56.7 Å². The summed E-state index contributed by atoms with van der Waals surface area (Å²) in [4.78, 5) is 26.5. The fourth-order valence-corrected chi connectivity index (χ4v) is 3.61. The molecule has 0 aliphatic rings. The van der Waals surface area contributed by atoms with E-state index in [1.54, 1.807) is 19.4 Å². The third-order valence-electron chi connectivity index (χ3n) is 5.16. The monoisotopic (exact) mass is 437 g/mol. The molecule has 3 aromatic heterocycles. The number of benzene rings is 1. The zero-order valence-corrected chi connectivity index (χ0v) is 18.7. The van der Waals surface area contributed by atoms with Crippen LogP contribution >= 0.6 is 0 Å². The van der Waals surface area contributed by atoms with Crippen LogP contribution in [-0.2, 0) is 11.8 Å². The van der Waals surface area contributed by atoms with Crippen molar-refractivity contribution in [1.29, 1.82) is 0 Å². The predicted molar refractivity (Wildman–Crippen MR) is 122 cm³/mol. The van der Waals surface area contributed by atoms with Crippen molar-refractivity contribution in [2.75, 3.05) is 18.6 Å². The van der Waals surface area contributed by atoms with E-state index in [1.165, 1.54) is 4.90 Å². The van der Waals surface area contributed by atoms with Gasteiger partial charge in [-0.15, -0.1) is 0 Å². The van der Waals surface area contributed by atoms with E-state index < -0.39 is 17.8 Å². The molecule has 1 atom stereocenters. The van der Waals surface area contributed by atoms with E-state index in [4.69, 9.17) is 9.72 Å². The standard InChI is InChI=1S/C23H27N5O4/c1-23(2,3)32-22(31)28(5)21-18-19(27(4)12-24-18)15-10-16(25-20(15)26-21)13-7-6-8-14(9-13)17(30)11-29/h6-10,12,17,29-30H,11H2,1-5H3,(H,25,26). The van der Waals surface area contributed by atoms with Gasteiger partial charge in [-0.05, 0) is 44.0 Å². The van der Waals surface area contributed by atoms with Crippen molar-refractivity contribution in [1.82, 2.24) is 19.5 Å². The Balaban J connectivity index is 1.85. The molecule has 168 valence electrons. The molecule has 0 spiro atoms. The summed E-state index contributed by atoms with van der Waals surface area (Å²) in [6.45, 7) is 5.08. The Labute approximate surface area is 185 Å². The number of amides is 1. The summed E-state index contributed by atoms with van der Waals surface area (Å²) in [7, 11) is 3.50. The molecule has 1 aromatic carbocycles. The SMILES string of the molecule is CN(C(=O)OC(C)(C)C)c1nc2[nH]c(-c3cccc(C(O)CO)c3)cc2c2c1ncn2C. The van der Waals surface area contributed by atoms with Gasteiger partial charge in [-0.25, -0.2) is 14.8 Å². The van der Waals surface area contributed by atoms with E-state index in [2.05, 4.69) is 9.97 Å². The van der Waals surface area contributed by atoms with Crippen molar-refractivity contribution in [3.8, 4) is 11.3 Å². The van der Waals surface area contributed by atoms with Crippen molar-refractivity contribution in [2.45, 2.75) is 32.5 Å². The zero-order valence-electron chi connectivity index (χ0n) is 18.7. The van der Waals surface area contributed by atoms with Crippen molar-refractivity contribution in [3.63, 3.8) is 0 Å². The van der Waals surface area contributed by atoms with E-state index >= 15 is 0 Å². The summed E-state index contributed by atoms with van der Waals surface area (Å²) in [6, 6.07) is 9.28. The molecule has 32 heavy (non-hydrogen) atoms. The van der Waals surface area contributed by atoms with Gasteiger partial charge in [-0.3, -0.25) is 4.90 Å². The molecule has 0 radical (unpaired) electrons. The number of anilines is 1. The maximum atomic E-state index is 12.7. The van der Waals surface area contributed by atoms with E-state index in [0.29, 0.717) is 22.5 Å². The number of imidazole rings is 1. The average Bonchev–Trinajstić information content (AvgIpc) is 3.34. The van der Waals surface area contributed by atoms with E-state index in [0.717, 1.165) is 22.2 Å². The highest BCUT2D eigenvalue weighted by Gasteiger charge is 2.25. The second kappa shape index (κ2) is 7.92. The first-order valence-corrected chi connectivity index (χ1v) is 10.3. The highest BCUT2D eigenvalue weighted by atomic mass is 16.6. The number of nitrogens with one attached hydrogen (secondary N) is 1. The molecule has 9 heteroatoms. The normalized spacial score (nSPS) is 13.0. The summed E-state index contributed by atoms with van der Waals surface area (Å²) in [6.07, 6.45) is 0.215. The van der Waals surface area contributed by atoms with Gasteiger partial charge >= 0.3 is 6.09 Å². The summed E-state index contributed by atoms with van der Waals surface area (Å²) >= 11 is 0. The Morgan fingerprint density at radius 2 is 2.06 bits per heavy atom. The Kier molecular flexibility index (Phi) is 5.39. The Morgan fingerprint density at radius 1 is 1.31 bits per heavy atom. The third kappa shape index (κ3) is 3.92. The fourth-order valence-electron chi connectivity index (χ4n) is 3.61. The van der Waals surface area contributed by atoms with Crippen LogP contribution in [0, 0.1) is 0 Å². The molecule has 0 bridgehead atoms. The predicted octanol–water partition coefficient (Wildman–Crippen LogP) is 3.51. The number of ether oxygens (including phenoxy) is 1. The zero-order chi connectivity index (χ0) is 23.2. The molecular weight excluding hydrogens is 410 g/mol. The van der Waals surface area contributed by atoms with Gasteiger partial charge in [0.05, 0.1) is 18.5 Å². The number of pyridine rings is 1. The minimum atomic E-state index is -0.949. The van der Waals surface area contributed by atoms with Crippen molar-refractivity contribution in [2.24, 2.45) is 7.05 Å². The highest BCUT2D eigenvalue weighted by Crippen LogP contribution is 2.34. The van der Waals surface area contributed by atoms with Gasteiger partial charge in [0.25, 0.3) is 0 Å². The molecule has 0 fully saturated rings. The maximum Gasteiger partial charge on any atom is 0.415 e. The van der Waals surface area contributed by atoms with Crippen LogP contribution in [0.4, 0.5) is 10.6 Å². The van der Waals surface area contributed by atoms with E-state index in [9.17, 15) is 15.0 Å². The second-order valence-corrected chi connectivity index (χ2v) is 8.80. The number of H-pyrrole nitrogens is 1. The number of rotatable bonds is 4. The minimum Gasteiger partial charge on any atom is -0.443 e.